The number of aliphatic hydroxyl groups is 3. The first-order valence-corrected chi connectivity index (χ1v) is 7.79. The monoisotopic (exact) mass is 349 g/mol. The lowest BCUT2D eigenvalue weighted by Crippen LogP contribution is -2.45. The van der Waals surface area contributed by atoms with Gasteiger partial charge in [-0.1, -0.05) is 29.8 Å². The number of hydrogen-bond donors (Lipinski definition) is 3. The third kappa shape index (κ3) is 3.27. The lowest BCUT2D eigenvalue weighted by Gasteiger charge is -2.17. The van der Waals surface area contributed by atoms with Gasteiger partial charge in [-0.2, -0.15) is 9.78 Å². The quantitative estimate of drug-likeness (QED) is 0.605. The normalized spacial score (nSPS) is 26.1. The van der Waals surface area contributed by atoms with Gasteiger partial charge in [0.15, 0.2) is 6.23 Å². The predicted octanol–water partition coefficient (Wildman–Crippen LogP) is -1.63. The van der Waals surface area contributed by atoms with Crippen molar-refractivity contribution in [2.45, 2.75) is 38.0 Å². The molecule has 1 aromatic heterocycles. The molecule has 1 saturated heterocycles. The molecular weight excluding hydrogens is 330 g/mol. The van der Waals surface area contributed by atoms with Crippen LogP contribution in [0.25, 0.3) is 0 Å². The fourth-order valence-electron chi connectivity index (χ4n) is 2.84. The van der Waals surface area contributed by atoms with E-state index < -0.39 is 42.4 Å². The molecule has 0 spiro atoms. The minimum absolute atomic E-state index is 0.0384. The summed E-state index contributed by atoms with van der Waals surface area (Å²) in [4.78, 5) is 24.7. The molecule has 0 radical (unpaired) electrons. The van der Waals surface area contributed by atoms with E-state index in [9.17, 15) is 19.8 Å². The summed E-state index contributed by atoms with van der Waals surface area (Å²) in [5, 5.41) is 32.7. The van der Waals surface area contributed by atoms with Crippen molar-refractivity contribution in [2.75, 3.05) is 6.61 Å². The van der Waals surface area contributed by atoms with E-state index in [2.05, 4.69) is 5.10 Å². The smallest absolute Gasteiger partial charge is 0.350 e. The molecule has 9 heteroatoms. The lowest BCUT2D eigenvalue weighted by atomic mass is 10.1. The van der Waals surface area contributed by atoms with E-state index in [-0.39, 0.29) is 6.54 Å². The van der Waals surface area contributed by atoms with Crippen LogP contribution in [-0.4, -0.2) is 54.6 Å². The maximum Gasteiger partial charge on any atom is 0.350 e. The average Bonchev–Trinajstić information content (AvgIpc) is 2.87. The van der Waals surface area contributed by atoms with Crippen LogP contribution >= 0.6 is 0 Å². The molecule has 3 rings (SSSR count). The Morgan fingerprint density at radius 2 is 2.00 bits per heavy atom. The van der Waals surface area contributed by atoms with Gasteiger partial charge in [0.25, 0.3) is 5.56 Å². The summed E-state index contributed by atoms with van der Waals surface area (Å²) in [5.41, 5.74) is 0.389. The molecule has 2 heterocycles. The largest absolute Gasteiger partial charge is 0.394 e. The molecule has 1 aliphatic rings. The zero-order valence-electron chi connectivity index (χ0n) is 13.5. The van der Waals surface area contributed by atoms with E-state index >= 15 is 0 Å². The summed E-state index contributed by atoms with van der Waals surface area (Å²) < 4.78 is 7.08. The number of rotatable bonds is 4. The predicted molar refractivity (Wildman–Crippen MR) is 86.0 cm³/mol. The fourth-order valence-corrected chi connectivity index (χ4v) is 2.84. The van der Waals surface area contributed by atoms with Crippen molar-refractivity contribution in [3.8, 4) is 0 Å². The van der Waals surface area contributed by atoms with Gasteiger partial charge in [-0.15, -0.1) is 0 Å². The van der Waals surface area contributed by atoms with Crippen LogP contribution in [0.1, 0.15) is 17.4 Å². The Kier molecular flexibility index (Phi) is 4.82. The van der Waals surface area contributed by atoms with Crippen molar-refractivity contribution in [2.24, 2.45) is 0 Å². The van der Waals surface area contributed by atoms with Crippen molar-refractivity contribution < 1.29 is 20.1 Å². The van der Waals surface area contributed by atoms with E-state index in [0.717, 1.165) is 26.6 Å². The first-order chi connectivity index (χ1) is 11.9. The Morgan fingerprint density at radius 1 is 1.24 bits per heavy atom. The van der Waals surface area contributed by atoms with Gasteiger partial charge in [-0.05, 0) is 12.5 Å². The third-order valence-corrected chi connectivity index (χ3v) is 4.17. The van der Waals surface area contributed by atoms with E-state index in [4.69, 9.17) is 9.84 Å². The Labute approximate surface area is 142 Å². The topological polar surface area (TPSA) is 127 Å². The summed E-state index contributed by atoms with van der Waals surface area (Å²) in [7, 11) is 0. The van der Waals surface area contributed by atoms with Gasteiger partial charge >= 0.3 is 5.69 Å². The van der Waals surface area contributed by atoms with Gasteiger partial charge in [-0.3, -0.25) is 9.36 Å². The van der Waals surface area contributed by atoms with E-state index in [1.807, 2.05) is 25.1 Å². The molecule has 134 valence electrons. The van der Waals surface area contributed by atoms with Crippen molar-refractivity contribution in [1.29, 1.82) is 0 Å². The number of aromatic nitrogens is 3. The van der Waals surface area contributed by atoms with Gasteiger partial charge in [0, 0.05) is 0 Å². The molecule has 0 bridgehead atoms. The average molecular weight is 349 g/mol. The highest BCUT2D eigenvalue weighted by Crippen LogP contribution is 2.27. The zero-order valence-corrected chi connectivity index (χ0v) is 13.5. The molecule has 0 aliphatic carbocycles. The van der Waals surface area contributed by atoms with Crippen molar-refractivity contribution in [3.05, 3.63) is 62.4 Å². The summed E-state index contributed by atoms with van der Waals surface area (Å²) in [6, 6.07) is 7.36. The number of benzene rings is 1. The van der Waals surface area contributed by atoms with Gasteiger partial charge in [0.1, 0.15) is 24.5 Å². The highest BCUT2D eigenvalue weighted by atomic mass is 16.6. The maximum atomic E-state index is 12.6. The Hall–Kier alpha value is -2.33. The van der Waals surface area contributed by atoms with Crippen LogP contribution in [0.5, 0.6) is 0 Å². The molecule has 1 fully saturated rings. The third-order valence-electron chi connectivity index (χ3n) is 4.17. The second-order valence-corrected chi connectivity index (χ2v) is 6.01. The second kappa shape index (κ2) is 6.89. The molecule has 0 saturated carbocycles. The Balaban J connectivity index is 1.98. The van der Waals surface area contributed by atoms with Crippen molar-refractivity contribution >= 4 is 0 Å². The first kappa shape index (κ1) is 17.5. The molecule has 0 amide bonds. The Morgan fingerprint density at radius 3 is 2.64 bits per heavy atom. The minimum Gasteiger partial charge on any atom is -0.394 e. The van der Waals surface area contributed by atoms with Gasteiger partial charge in [0.2, 0.25) is 0 Å². The number of ether oxygens (including phenoxy) is 1. The molecule has 1 aliphatic heterocycles. The number of aryl methyl sites for hydroxylation is 1. The summed E-state index contributed by atoms with van der Waals surface area (Å²) >= 11 is 0. The number of nitrogens with zero attached hydrogens (tertiary/aromatic N) is 3. The molecule has 4 atom stereocenters. The SMILES string of the molecule is Cc1cccc(Cn2c(=O)cnn([C@@H]3O[C@H](CO)[C@@H](O)[C@H]3O)c2=O)c1. The zero-order chi connectivity index (χ0) is 18.1. The number of hydrogen-bond acceptors (Lipinski definition) is 7. The fraction of sp³-hybridized carbons (Fsp3) is 0.438. The van der Waals surface area contributed by atoms with Crippen LogP contribution in [0.3, 0.4) is 0 Å². The molecule has 9 nitrogen and oxygen atoms in total. The highest BCUT2D eigenvalue weighted by molar-refractivity contribution is 5.22. The van der Waals surface area contributed by atoms with Crippen LogP contribution in [0, 0.1) is 6.92 Å². The van der Waals surface area contributed by atoms with E-state index in [1.165, 1.54) is 0 Å². The van der Waals surface area contributed by atoms with Crippen LogP contribution in [0.15, 0.2) is 40.1 Å². The van der Waals surface area contributed by atoms with E-state index in [1.54, 1.807) is 6.07 Å². The van der Waals surface area contributed by atoms with Crippen LogP contribution < -0.4 is 11.2 Å². The lowest BCUT2D eigenvalue weighted by molar-refractivity contribution is -0.0624. The van der Waals surface area contributed by atoms with Crippen molar-refractivity contribution in [1.82, 2.24) is 14.3 Å². The van der Waals surface area contributed by atoms with Crippen LogP contribution in [0.4, 0.5) is 0 Å². The van der Waals surface area contributed by atoms with Crippen molar-refractivity contribution in [3.63, 3.8) is 0 Å². The molecular formula is C16H19N3O6. The van der Waals surface area contributed by atoms with E-state index in [0.29, 0.717) is 0 Å². The first-order valence-electron chi connectivity index (χ1n) is 7.79. The standard InChI is InChI=1S/C16H19N3O6/c1-9-3-2-4-10(5-9)7-18-12(21)6-17-19(16(18)24)15-14(23)13(22)11(8-20)25-15/h2-6,11,13-15,20,22-23H,7-8H2,1H3/t11-,13-,14-,15-/m1/s1. The second-order valence-electron chi connectivity index (χ2n) is 6.01. The molecule has 2 aromatic rings. The minimum atomic E-state index is -1.45. The summed E-state index contributed by atoms with van der Waals surface area (Å²) in [5.74, 6) is 0. The summed E-state index contributed by atoms with van der Waals surface area (Å²) in [6.45, 7) is 1.42. The van der Waals surface area contributed by atoms with Gasteiger partial charge in [-0.25, -0.2) is 4.79 Å². The Bertz CT molecular complexity index is 877. The maximum absolute atomic E-state index is 12.6. The van der Waals surface area contributed by atoms with Crippen LogP contribution in [-0.2, 0) is 11.3 Å². The molecule has 3 N–H and O–H groups in total. The summed E-state index contributed by atoms with van der Waals surface area (Å²) in [6.07, 6.45) is -4.19. The molecule has 0 unspecified atom stereocenters. The van der Waals surface area contributed by atoms with Crippen LogP contribution in [0.2, 0.25) is 0 Å². The van der Waals surface area contributed by atoms with Gasteiger partial charge in [0.05, 0.1) is 13.2 Å². The molecule has 25 heavy (non-hydrogen) atoms. The molecule has 1 aromatic carbocycles. The highest BCUT2D eigenvalue weighted by Gasteiger charge is 2.44. The van der Waals surface area contributed by atoms with Gasteiger partial charge < -0.3 is 20.1 Å². The number of aliphatic hydroxyl groups excluding tert-OH is 3.